The fraction of sp³-hybridized carbons (Fsp3) is 0.721. The van der Waals surface area contributed by atoms with Gasteiger partial charge in [-0.2, -0.15) is 0 Å². The molecule has 0 aromatic heterocycles. The van der Waals surface area contributed by atoms with E-state index in [9.17, 15) is 19.8 Å². The molecular formula is C43H60N2O4. The monoisotopic (exact) mass is 668 g/mol. The molecule has 10 rings (SSSR count). The molecule has 1 aromatic carbocycles. The predicted octanol–water partition coefficient (Wildman–Crippen LogP) is 7.95. The number of aliphatic hydroxyl groups is 2. The van der Waals surface area contributed by atoms with E-state index in [4.69, 9.17) is 0 Å². The van der Waals surface area contributed by atoms with E-state index in [2.05, 4.69) is 51.2 Å². The topological polar surface area (TPSA) is 89.9 Å². The molecule has 9 aliphatic carbocycles. The van der Waals surface area contributed by atoms with Gasteiger partial charge in [-0.05, 0) is 118 Å². The average Bonchev–Trinajstić information content (AvgIpc) is 3.34. The normalized spacial score (nSPS) is 45.4. The third kappa shape index (κ3) is 4.50. The van der Waals surface area contributed by atoms with Crippen LogP contribution in [0.25, 0.3) is 0 Å². The van der Waals surface area contributed by atoms with Gasteiger partial charge in [0.25, 0.3) is 0 Å². The molecule has 0 saturated heterocycles. The van der Waals surface area contributed by atoms with Gasteiger partial charge in [0, 0.05) is 40.0 Å². The number of aliphatic hydroxyl groups excluding tert-OH is 1. The fourth-order valence-electron chi connectivity index (χ4n) is 13.7. The predicted molar refractivity (Wildman–Crippen MR) is 193 cm³/mol. The van der Waals surface area contributed by atoms with Crippen LogP contribution in [-0.2, 0) is 0 Å². The Hall–Kier alpha value is -2.44. The van der Waals surface area contributed by atoms with E-state index < -0.39 is 16.4 Å². The SMILES string of the molecule is CC(C)NC(=O)N(C[C@@H]1CC[C@H]2C[C@@H]1C2(C)C)C[C@]1(O)CC[C@H]2[C@]34C=C[C@@]5(C=C3C(=O)c3ccccc3)CC(O)CC[C@]5(C)[C@H]4CC[C@@]21C. The number of carbonyl (C=O) groups is 2. The van der Waals surface area contributed by atoms with Crippen LogP contribution in [0.5, 0.6) is 0 Å². The van der Waals surface area contributed by atoms with Gasteiger partial charge in [0.1, 0.15) is 0 Å². The molecule has 6 heteroatoms. The summed E-state index contributed by atoms with van der Waals surface area (Å²) in [6, 6.07) is 9.67. The summed E-state index contributed by atoms with van der Waals surface area (Å²) in [5.41, 5.74) is -0.536. The Balaban J connectivity index is 1.17. The van der Waals surface area contributed by atoms with Gasteiger partial charge in [-0.1, -0.05) is 76.3 Å². The van der Waals surface area contributed by atoms with Crippen LogP contribution >= 0.6 is 0 Å². The number of hydrogen-bond acceptors (Lipinski definition) is 4. The molecule has 2 spiro atoms. The van der Waals surface area contributed by atoms with Crippen LogP contribution in [0.15, 0.2) is 54.1 Å². The molecule has 6 fully saturated rings. The van der Waals surface area contributed by atoms with Gasteiger partial charge < -0.3 is 20.4 Å². The van der Waals surface area contributed by atoms with Crippen molar-refractivity contribution in [1.82, 2.24) is 10.2 Å². The van der Waals surface area contributed by atoms with Crippen molar-refractivity contribution < 1.29 is 19.8 Å². The summed E-state index contributed by atoms with van der Waals surface area (Å²) in [5.74, 6) is 2.28. The second kappa shape index (κ2) is 11.0. The zero-order valence-electron chi connectivity index (χ0n) is 30.8. The minimum absolute atomic E-state index is 0.0168. The maximum absolute atomic E-state index is 14.7. The van der Waals surface area contributed by atoms with Crippen molar-refractivity contribution in [3.05, 3.63) is 59.7 Å². The van der Waals surface area contributed by atoms with E-state index in [1.54, 1.807) is 0 Å². The van der Waals surface area contributed by atoms with Crippen LogP contribution in [-0.4, -0.2) is 57.8 Å². The fourth-order valence-corrected chi connectivity index (χ4v) is 13.7. The van der Waals surface area contributed by atoms with Crippen LogP contribution < -0.4 is 5.32 Å². The number of allylic oxidation sites excluding steroid dienone is 4. The van der Waals surface area contributed by atoms with Crippen molar-refractivity contribution in [2.45, 2.75) is 123 Å². The Morgan fingerprint density at radius 1 is 0.918 bits per heavy atom. The summed E-state index contributed by atoms with van der Waals surface area (Å²) in [7, 11) is 0. The zero-order valence-corrected chi connectivity index (χ0v) is 30.8. The molecule has 3 N–H and O–H groups in total. The quantitative estimate of drug-likeness (QED) is 0.203. The van der Waals surface area contributed by atoms with Crippen LogP contribution in [0.2, 0.25) is 0 Å². The van der Waals surface area contributed by atoms with Gasteiger partial charge in [-0.3, -0.25) is 4.79 Å². The van der Waals surface area contributed by atoms with Crippen LogP contribution in [0.4, 0.5) is 4.79 Å². The molecule has 11 atom stereocenters. The number of ketones is 1. The lowest BCUT2D eigenvalue weighted by molar-refractivity contribution is -0.176. The van der Waals surface area contributed by atoms with Gasteiger partial charge in [-0.25, -0.2) is 4.79 Å². The Morgan fingerprint density at radius 3 is 2.31 bits per heavy atom. The maximum atomic E-state index is 14.7. The number of fused-ring (bicyclic) bond motifs is 3. The van der Waals surface area contributed by atoms with E-state index >= 15 is 0 Å². The third-order valence-corrected chi connectivity index (χ3v) is 16.6. The van der Waals surface area contributed by atoms with Crippen LogP contribution in [0.3, 0.4) is 0 Å². The number of hydrogen-bond donors (Lipinski definition) is 3. The highest BCUT2D eigenvalue weighted by molar-refractivity contribution is 6.10. The van der Waals surface area contributed by atoms with Gasteiger partial charge in [0.05, 0.1) is 18.2 Å². The molecule has 4 bridgehead atoms. The van der Waals surface area contributed by atoms with Crippen LogP contribution in [0.1, 0.15) is 116 Å². The molecule has 0 heterocycles. The Morgan fingerprint density at radius 2 is 1.61 bits per heavy atom. The summed E-state index contributed by atoms with van der Waals surface area (Å²) < 4.78 is 0. The summed E-state index contributed by atoms with van der Waals surface area (Å²) in [6.07, 6.45) is 16.0. The number of Topliss-reactive ketones (excluding diaryl/α,β-unsaturated/α-hetero) is 1. The number of urea groups is 1. The zero-order chi connectivity index (χ0) is 34.8. The van der Waals surface area contributed by atoms with Crippen molar-refractivity contribution in [1.29, 1.82) is 0 Å². The van der Waals surface area contributed by atoms with Gasteiger partial charge in [-0.15, -0.1) is 0 Å². The van der Waals surface area contributed by atoms with Gasteiger partial charge >= 0.3 is 6.03 Å². The van der Waals surface area contributed by atoms with Gasteiger partial charge in [0.15, 0.2) is 5.78 Å². The second-order valence-electron chi connectivity index (χ2n) is 19.2. The van der Waals surface area contributed by atoms with Gasteiger partial charge in [0.2, 0.25) is 0 Å². The summed E-state index contributed by atoms with van der Waals surface area (Å²) in [6.45, 7) is 14.6. The van der Waals surface area contributed by atoms with Crippen molar-refractivity contribution in [2.24, 2.45) is 56.7 Å². The first-order valence-corrected chi connectivity index (χ1v) is 19.6. The van der Waals surface area contributed by atoms with E-state index in [1.165, 1.54) is 12.8 Å². The third-order valence-electron chi connectivity index (χ3n) is 16.6. The number of nitrogens with zero attached hydrogens (tertiary/aromatic N) is 1. The van der Waals surface area contributed by atoms with Crippen LogP contribution in [0, 0.1) is 56.7 Å². The molecule has 0 radical (unpaired) electrons. The molecule has 1 aromatic rings. The summed E-state index contributed by atoms with van der Waals surface area (Å²) >= 11 is 0. The van der Waals surface area contributed by atoms with Crippen molar-refractivity contribution in [3.63, 3.8) is 0 Å². The van der Waals surface area contributed by atoms with Crippen molar-refractivity contribution >= 4 is 11.8 Å². The van der Waals surface area contributed by atoms with E-state index in [0.717, 1.165) is 50.0 Å². The smallest absolute Gasteiger partial charge is 0.317 e. The second-order valence-corrected chi connectivity index (χ2v) is 19.2. The molecule has 49 heavy (non-hydrogen) atoms. The van der Waals surface area contributed by atoms with Crippen molar-refractivity contribution in [3.8, 4) is 0 Å². The largest absolute Gasteiger partial charge is 0.393 e. The van der Waals surface area contributed by atoms with E-state index in [0.29, 0.717) is 48.7 Å². The molecule has 0 aliphatic heterocycles. The molecule has 1 unspecified atom stereocenters. The standard InChI is InChI=1S/C43H60N2O4/c1-27(2)44-37(48)45(25-29-12-13-30-22-32(29)38(30,3)4)26-42(49)19-16-35-40(42,6)18-15-34-39(5)17-14-31(46)23-41(39)20-21-43(34,35)33(24-41)36(47)28-10-8-7-9-11-28/h7-11,20-21,24,27,29-32,34-35,46,49H,12-19,22-23,25-26H2,1-6H3,(H,44,48)/t29-,30-,31?,32-,34+,35+,39+,40-,41-,42+,43+/m0/s1. The Kier molecular flexibility index (Phi) is 7.58. The first-order chi connectivity index (χ1) is 23.1. The molecule has 6 nitrogen and oxygen atoms in total. The number of rotatable bonds is 7. The highest BCUT2D eigenvalue weighted by Crippen LogP contribution is 2.78. The minimum atomic E-state index is -1.07. The Bertz CT molecular complexity index is 1580. The highest BCUT2D eigenvalue weighted by atomic mass is 16.3. The maximum Gasteiger partial charge on any atom is 0.317 e. The molecule has 9 aliphatic rings. The molecular weight excluding hydrogens is 608 g/mol. The average molecular weight is 669 g/mol. The lowest BCUT2D eigenvalue weighted by atomic mass is 9.32. The number of carbonyl (C=O) groups excluding carboxylic acids is 2. The van der Waals surface area contributed by atoms with E-state index in [1.807, 2.05) is 49.1 Å². The lowest BCUT2D eigenvalue weighted by Gasteiger charge is -2.71. The molecule has 266 valence electrons. The molecule has 6 saturated carbocycles. The first-order valence-electron chi connectivity index (χ1n) is 19.6. The number of nitrogens with one attached hydrogen (secondary N) is 1. The number of benzene rings is 1. The van der Waals surface area contributed by atoms with E-state index in [-0.39, 0.29) is 46.6 Å². The lowest BCUT2D eigenvalue weighted by Crippen LogP contribution is -2.67. The summed E-state index contributed by atoms with van der Waals surface area (Å²) in [4.78, 5) is 30.7. The summed E-state index contributed by atoms with van der Waals surface area (Å²) in [5, 5.41) is 27.3. The minimum Gasteiger partial charge on any atom is -0.393 e. The number of amides is 2. The highest BCUT2D eigenvalue weighted by Gasteiger charge is 2.74. The van der Waals surface area contributed by atoms with Crippen molar-refractivity contribution in [2.75, 3.05) is 13.1 Å². The Labute approximate surface area is 294 Å². The molecule has 2 amide bonds. The first kappa shape index (κ1) is 33.7.